The van der Waals surface area contributed by atoms with Gasteiger partial charge in [0.2, 0.25) is 0 Å². The minimum atomic E-state index is -1.01. The van der Waals surface area contributed by atoms with Crippen molar-refractivity contribution in [3.05, 3.63) is 93.0 Å². The molecule has 0 spiro atoms. The van der Waals surface area contributed by atoms with Crippen LogP contribution < -0.4 is 0 Å². The fourth-order valence-electron chi connectivity index (χ4n) is 3.75. The van der Waals surface area contributed by atoms with Crippen molar-refractivity contribution in [3.63, 3.8) is 0 Å². The molecule has 2 unspecified atom stereocenters. The number of carboxylic acid groups (broad SMARTS) is 1. The van der Waals surface area contributed by atoms with E-state index in [1.807, 2.05) is 74.5 Å². The summed E-state index contributed by atoms with van der Waals surface area (Å²) in [7, 11) is 1.76. The standard InChI is InChI=1S/C25H23N3O3S2/c1-15(20(17-10-6-4-7-11-17)23-26-14-19(33-23)25(30)31)28(3)24(29)21-22(32-16(2)27-21)18-12-8-5-9-13-18/h4-15,20H,1-3H3,(H,30,31). The number of carboxylic acids is 1. The summed E-state index contributed by atoms with van der Waals surface area (Å²) in [6, 6.07) is 19.2. The fourth-order valence-corrected chi connectivity index (χ4v) is 5.65. The first-order valence-corrected chi connectivity index (χ1v) is 12.0. The third kappa shape index (κ3) is 4.72. The molecular formula is C25H23N3O3S2. The van der Waals surface area contributed by atoms with E-state index >= 15 is 0 Å². The van der Waals surface area contributed by atoms with Crippen LogP contribution in [-0.2, 0) is 0 Å². The Labute approximate surface area is 200 Å². The number of carbonyl (C=O) groups is 2. The van der Waals surface area contributed by atoms with Gasteiger partial charge in [-0.15, -0.1) is 22.7 Å². The lowest BCUT2D eigenvalue weighted by atomic mass is 9.92. The number of benzene rings is 2. The van der Waals surface area contributed by atoms with Crippen LogP contribution in [0.3, 0.4) is 0 Å². The number of rotatable bonds is 7. The van der Waals surface area contributed by atoms with Crippen LogP contribution in [0.1, 0.15) is 48.6 Å². The van der Waals surface area contributed by atoms with Crippen molar-refractivity contribution in [2.75, 3.05) is 7.05 Å². The summed E-state index contributed by atoms with van der Waals surface area (Å²) < 4.78 is 0. The van der Waals surface area contributed by atoms with E-state index in [1.54, 1.807) is 11.9 Å². The van der Waals surface area contributed by atoms with Crippen LogP contribution in [-0.4, -0.2) is 44.9 Å². The normalized spacial score (nSPS) is 12.8. The largest absolute Gasteiger partial charge is 0.477 e. The highest BCUT2D eigenvalue weighted by atomic mass is 32.1. The lowest BCUT2D eigenvalue weighted by Crippen LogP contribution is -2.39. The Kier molecular flexibility index (Phi) is 6.67. The number of hydrogen-bond acceptors (Lipinski definition) is 6. The summed E-state index contributed by atoms with van der Waals surface area (Å²) in [5.41, 5.74) is 2.35. The van der Waals surface area contributed by atoms with Crippen molar-refractivity contribution in [1.29, 1.82) is 0 Å². The minimum absolute atomic E-state index is 0.175. The third-order valence-electron chi connectivity index (χ3n) is 5.55. The van der Waals surface area contributed by atoms with E-state index in [0.717, 1.165) is 32.3 Å². The molecule has 168 valence electrons. The van der Waals surface area contributed by atoms with Gasteiger partial charge in [0.1, 0.15) is 15.6 Å². The Morgan fingerprint density at radius 3 is 2.24 bits per heavy atom. The maximum Gasteiger partial charge on any atom is 0.347 e. The van der Waals surface area contributed by atoms with Crippen molar-refractivity contribution in [1.82, 2.24) is 14.9 Å². The van der Waals surface area contributed by atoms with E-state index < -0.39 is 5.97 Å². The SMILES string of the molecule is Cc1nc(C(=O)N(C)C(C)C(c2ccccc2)c2ncc(C(=O)O)s2)c(-c2ccccc2)s1. The second-order valence-electron chi connectivity index (χ2n) is 7.69. The lowest BCUT2D eigenvalue weighted by Gasteiger charge is -2.31. The molecule has 0 aliphatic heterocycles. The Morgan fingerprint density at radius 1 is 1.00 bits per heavy atom. The third-order valence-corrected chi connectivity index (χ3v) is 7.63. The maximum absolute atomic E-state index is 13.6. The van der Waals surface area contributed by atoms with Gasteiger partial charge in [-0.2, -0.15) is 0 Å². The Hall–Kier alpha value is -3.36. The van der Waals surface area contributed by atoms with Crippen LogP contribution in [0.2, 0.25) is 0 Å². The van der Waals surface area contributed by atoms with Crippen LogP contribution in [0.15, 0.2) is 66.9 Å². The highest BCUT2D eigenvalue weighted by Crippen LogP contribution is 2.35. The molecule has 0 saturated carbocycles. The number of amides is 1. The molecule has 2 aromatic carbocycles. The van der Waals surface area contributed by atoms with Crippen LogP contribution in [0.25, 0.3) is 10.4 Å². The summed E-state index contributed by atoms with van der Waals surface area (Å²) in [6.07, 6.45) is 1.38. The number of likely N-dealkylation sites (N-methyl/N-ethyl adjacent to an activating group) is 1. The molecule has 0 saturated heterocycles. The number of thiazole rings is 2. The van der Waals surface area contributed by atoms with Gasteiger partial charge in [-0.1, -0.05) is 60.7 Å². The molecular weight excluding hydrogens is 454 g/mol. The highest BCUT2D eigenvalue weighted by Gasteiger charge is 2.32. The maximum atomic E-state index is 13.6. The number of aromatic carboxylic acids is 1. The van der Waals surface area contributed by atoms with E-state index in [-0.39, 0.29) is 22.7 Å². The van der Waals surface area contributed by atoms with Crippen molar-refractivity contribution >= 4 is 34.6 Å². The molecule has 4 rings (SSSR count). The average Bonchev–Trinajstić information content (AvgIpc) is 3.47. The molecule has 0 fully saturated rings. The van der Waals surface area contributed by atoms with Gasteiger partial charge >= 0.3 is 5.97 Å². The Balaban J connectivity index is 1.71. The lowest BCUT2D eigenvalue weighted by molar-refractivity contribution is 0.0698. The van der Waals surface area contributed by atoms with E-state index in [0.29, 0.717) is 10.7 Å². The zero-order valence-corrected chi connectivity index (χ0v) is 20.1. The molecule has 6 nitrogen and oxygen atoms in total. The first-order chi connectivity index (χ1) is 15.9. The first-order valence-electron chi connectivity index (χ1n) is 10.4. The molecule has 4 aromatic rings. The highest BCUT2D eigenvalue weighted by molar-refractivity contribution is 7.15. The van der Waals surface area contributed by atoms with Gasteiger partial charge in [0.05, 0.1) is 22.0 Å². The zero-order chi connectivity index (χ0) is 23.5. The predicted molar refractivity (Wildman–Crippen MR) is 131 cm³/mol. The molecule has 8 heteroatoms. The minimum Gasteiger partial charge on any atom is -0.477 e. The van der Waals surface area contributed by atoms with E-state index in [1.165, 1.54) is 17.5 Å². The van der Waals surface area contributed by atoms with E-state index in [2.05, 4.69) is 9.97 Å². The molecule has 2 aromatic heterocycles. The quantitative estimate of drug-likeness (QED) is 0.376. The number of nitrogens with zero attached hydrogens (tertiary/aromatic N) is 3. The van der Waals surface area contributed by atoms with Crippen molar-refractivity contribution < 1.29 is 14.7 Å². The Bertz CT molecular complexity index is 1270. The fraction of sp³-hybridized carbons (Fsp3) is 0.200. The zero-order valence-electron chi connectivity index (χ0n) is 18.4. The van der Waals surface area contributed by atoms with Crippen molar-refractivity contribution in [3.8, 4) is 10.4 Å². The molecule has 2 heterocycles. The molecule has 0 aliphatic rings. The van der Waals surface area contributed by atoms with E-state index in [9.17, 15) is 14.7 Å². The summed E-state index contributed by atoms with van der Waals surface area (Å²) in [4.78, 5) is 36.7. The van der Waals surface area contributed by atoms with Gasteiger partial charge in [-0.3, -0.25) is 4.79 Å². The van der Waals surface area contributed by atoms with Crippen LogP contribution in [0.4, 0.5) is 0 Å². The number of aryl methyl sites for hydroxylation is 1. The van der Waals surface area contributed by atoms with Gasteiger partial charge in [0.15, 0.2) is 0 Å². The average molecular weight is 478 g/mol. The molecule has 0 bridgehead atoms. The summed E-state index contributed by atoms with van der Waals surface area (Å²) in [5.74, 6) is -1.46. The summed E-state index contributed by atoms with van der Waals surface area (Å²) >= 11 is 2.64. The van der Waals surface area contributed by atoms with Crippen LogP contribution in [0.5, 0.6) is 0 Å². The summed E-state index contributed by atoms with van der Waals surface area (Å²) in [5, 5.41) is 10.9. The van der Waals surface area contributed by atoms with Gasteiger partial charge in [-0.05, 0) is 25.0 Å². The van der Waals surface area contributed by atoms with Crippen LogP contribution in [0, 0.1) is 6.92 Å². The number of hydrogen-bond donors (Lipinski definition) is 1. The topological polar surface area (TPSA) is 83.4 Å². The predicted octanol–water partition coefficient (Wildman–Crippen LogP) is 5.57. The monoisotopic (exact) mass is 477 g/mol. The Morgan fingerprint density at radius 2 is 1.64 bits per heavy atom. The number of aromatic nitrogens is 2. The summed E-state index contributed by atoms with van der Waals surface area (Å²) in [6.45, 7) is 3.85. The second kappa shape index (κ2) is 9.64. The molecule has 33 heavy (non-hydrogen) atoms. The first kappa shape index (κ1) is 22.8. The second-order valence-corrected chi connectivity index (χ2v) is 9.95. The van der Waals surface area contributed by atoms with Gasteiger partial charge < -0.3 is 10.0 Å². The number of carbonyl (C=O) groups excluding carboxylic acids is 1. The smallest absolute Gasteiger partial charge is 0.347 e. The van der Waals surface area contributed by atoms with Crippen molar-refractivity contribution in [2.45, 2.75) is 25.8 Å². The van der Waals surface area contributed by atoms with Crippen LogP contribution >= 0.6 is 22.7 Å². The molecule has 1 N–H and O–H groups in total. The molecule has 0 aliphatic carbocycles. The molecule has 1 amide bonds. The molecule has 0 radical (unpaired) electrons. The van der Waals surface area contributed by atoms with Crippen molar-refractivity contribution in [2.24, 2.45) is 0 Å². The van der Waals surface area contributed by atoms with Gasteiger partial charge in [-0.25, -0.2) is 14.8 Å². The van der Waals surface area contributed by atoms with E-state index in [4.69, 9.17) is 0 Å². The molecule has 2 atom stereocenters. The van der Waals surface area contributed by atoms with Gasteiger partial charge in [0, 0.05) is 13.1 Å². The van der Waals surface area contributed by atoms with Gasteiger partial charge in [0.25, 0.3) is 5.91 Å².